The summed E-state index contributed by atoms with van der Waals surface area (Å²) < 4.78 is 52.7. The molecular weight excluding hydrogens is 527 g/mol. The molecule has 1 saturated heterocycles. The van der Waals surface area contributed by atoms with Crippen LogP contribution in [0.3, 0.4) is 0 Å². The fraction of sp³-hybridized carbons (Fsp3) is 0.261. The van der Waals surface area contributed by atoms with E-state index in [0.29, 0.717) is 5.39 Å². The van der Waals surface area contributed by atoms with Gasteiger partial charge in [-0.3, -0.25) is 23.9 Å². The molecular formula is C23H20F3N7O6. The summed E-state index contributed by atoms with van der Waals surface area (Å²) in [4.78, 5) is 38.7. The van der Waals surface area contributed by atoms with Crippen LogP contribution in [-0.2, 0) is 14.3 Å². The third-order valence-corrected chi connectivity index (χ3v) is 6.23. The predicted molar refractivity (Wildman–Crippen MR) is 129 cm³/mol. The number of carbonyl (C=O) groups is 2. The summed E-state index contributed by atoms with van der Waals surface area (Å²) in [6, 6.07) is 6.46. The maximum absolute atomic E-state index is 14.9. The maximum atomic E-state index is 14.9. The molecule has 0 spiro atoms. The monoisotopic (exact) mass is 547 g/mol. The first kappa shape index (κ1) is 25.9. The Morgan fingerprint density at radius 3 is 2.74 bits per heavy atom. The van der Waals surface area contributed by atoms with Crippen molar-refractivity contribution in [1.29, 1.82) is 0 Å². The van der Waals surface area contributed by atoms with E-state index in [1.54, 1.807) is 6.07 Å². The van der Waals surface area contributed by atoms with Crippen LogP contribution in [-0.4, -0.2) is 61.3 Å². The summed E-state index contributed by atoms with van der Waals surface area (Å²) in [5, 5.41) is 21.4. The van der Waals surface area contributed by atoms with E-state index in [4.69, 9.17) is 15.0 Å². The van der Waals surface area contributed by atoms with Crippen LogP contribution in [0.25, 0.3) is 16.7 Å². The molecule has 0 radical (unpaired) electrons. The molecule has 2 amide bonds. The van der Waals surface area contributed by atoms with Crippen molar-refractivity contribution in [2.24, 2.45) is 0 Å². The molecule has 204 valence electrons. The van der Waals surface area contributed by atoms with E-state index in [0.717, 1.165) is 34.1 Å². The van der Waals surface area contributed by atoms with Gasteiger partial charge in [0.05, 0.1) is 30.4 Å². The van der Waals surface area contributed by atoms with Crippen LogP contribution in [0.2, 0.25) is 0 Å². The number of pyridine rings is 1. The van der Waals surface area contributed by atoms with E-state index < -0.39 is 47.3 Å². The standard InChI is InChI=1S/C23H20F3N7O6/c1-23(17(35)20(36)28-11-2-4-13-15(8-11)39-30-18(13)27)21(37)31(6-7-38-23)19-14(24)10-33(29-19)12-3-5-16(34)32(9-12)22(25)26/h2-5,8-10,17,22,35H,6-7H2,1H3,(H2,27,30)(H,28,36)/t17-,23?/m0/s1. The molecule has 5 rings (SSSR count). The molecule has 1 fully saturated rings. The van der Waals surface area contributed by atoms with Gasteiger partial charge in [-0.05, 0) is 25.1 Å². The van der Waals surface area contributed by atoms with E-state index >= 15 is 0 Å². The molecule has 4 heterocycles. The Labute approximate surface area is 216 Å². The molecule has 4 N–H and O–H groups in total. The first-order valence-corrected chi connectivity index (χ1v) is 11.4. The number of benzene rings is 1. The SMILES string of the molecule is CC1([C@@H](O)C(=O)Nc2ccc3c(N)noc3c2)OCCN(c2nn(-c3ccc(=O)n(C(F)F)c3)cc2F)C1=O. The number of ether oxygens (including phenoxy) is 1. The fourth-order valence-electron chi connectivity index (χ4n) is 4.11. The molecule has 3 aromatic heterocycles. The number of nitrogens with two attached hydrogens (primary N) is 1. The minimum Gasteiger partial charge on any atom is -0.380 e. The summed E-state index contributed by atoms with van der Waals surface area (Å²) >= 11 is 0. The number of amides is 2. The van der Waals surface area contributed by atoms with Crippen molar-refractivity contribution in [1.82, 2.24) is 19.5 Å². The predicted octanol–water partition coefficient (Wildman–Crippen LogP) is 1.41. The number of nitrogen functional groups attached to an aromatic ring is 1. The van der Waals surface area contributed by atoms with E-state index in [9.17, 15) is 32.7 Å². The lowest BCUT2D eigenvalue weighted by Gasteiger charge is -2.40. The highest BCUT2D eigenvalue weighted by molar-refractivity contribution is 6.06. The molecule has 4 aromatic rings. The number of carbonyl (C=O) groups excluding carboxylic acids is 2. The zero-order chi connectivity index (χ0) is 28.1. The van der Waals surface area contributed by atoms with Gasteiger partial charge in [-0.2, -0.15) is 8.78 Å². The van der Waals surface area contributed by atoms with E-state index in [1.165, 1.54) is 19.1 Å². The number of nitrogens with zero attached hydrogens (tertiary/aromatic N) is 5. The van der Waals surface area contributed by atoms with Crippen molar-refractivity contribution in [2.75, 3.05) is 29.1 Å². The highest BCUT2D eigenvalue weighted by Crippen LogP contribution is 2.30. The van der Waals surface area contributed by atoms with Crippen molar-refractivity contribution < 1.29 is 37.1 Å². The van der Waals surface area contributed by atoms with Crippen LogP contribution in [0.1, 0.15) is 13.5 Å². The summed E-state index contributed by atoms with van der Waals surface area (Å²) in [5.74, 6) is -3.32. The van der Waals surface area contributed by atoms with Crippen molar-refractivity contribution in [3.8, 4) is 5.69 Å². The number of alkyl halides is 2. The number of fused-ring (bicyclic) bond motifs is 1. The molecule has 0 bridgehead atoms. The van der Waals surface area contributed by atoms with Crippen LogP contribution in [0.4, 0.5) is 30.5 Å². The molecule has 1 unspecified atom stereocenters. The number of halogens is 3. The number of nitrogens with one attached hydrogen (secondary N) is 1. The third-order valence-electron chi connectivity index (χ3n) is 6.23. The smallest absolute Gasteiger partial charge is 0.321 e. The van der Waals surface area contributed by atoms with Gasteiger partial charge >= 0.3 is 6.55 Å². The van der Waals surface area contributed by atoms with Gasteiger partial charge in [0.15, 0.2) is 34.7 Å². The van der Waals surface area contributed by atoms with Gasteiger partial charge < -0.3 is 25.4 Å². The Morgan fingerprint density at radius 2 is 2.00 bits per heavy atom. The molecule has 1 aliphatic rings. The number of aliphatic hydroxyl groups excluding tert-OH is 1. The van der Waals surface area contributed by atoms with Crippen molar-refractivity contribution in [2.45, 2.75) is 25.2 Å². The lowest BCUT2D eigenvalue weighted by molar-refractivity contribution is -0.170. The number of aliphatic hydroxyl groups is 1. The van der Waals surface area contributed by atoms with E-state index in [1.807, 2.05) is 0 Å². The van der Waals surface area contributed by atoms with Crippen molar-refractivity contribution in [3.63, 3.8) is 0 Å². The second-order valence-corrected chi connectivity index (χ2v) is 8.74. The molecule has 1 aromatic carbocycles. The van der Waals surface area contributed by atoms with Gasteiger partial charge in [0.2, 0.25) is 0 Å². The Kier molecular flexibility index (Phi) is 6.35. The molecule has 13 nitrogen and oxygen atoms in total. The van der Waals surface area contributed by atoms with Crippen LogP contribution in [0, 0.1) is 5.82 Å². The molecule has 16 heteroatoms. The van der Waals surface area contributed by atoms with Gasteiger partial charge in [0.25, 0.3) is 17.4 Å². The van der Waals surface area contributed by atoms with Crippen LogP contribution in [0.15, 0.2) is 52.0 Å². The number of anilines is 3. The molecule has 39 heavy (non-hydrogen) atoms. The highest BCUT2D eigenvalue weighted by atomic mass is 19.3. The Bertz CT molecular complexity index is 1650. The van der Waals surface area contributed by atoms with Crippen molar-refractivity contribution >= 4 is 40.1 Å². The Balaban J connectivity index is 1.38. The van der Waals surface area contributed by atoms with Crippen molar-refractivity contribution in [3.05, 3.63) is 58.9 Å². The second kappa shape index (κ2) is 9.55. The van der Waals surface area contributed by atoms with Crippen LogP contribution < -0.4 is 21.5 Å². The summed E-state index contributed by atoms with van der Waals surface area (Å²) in [6.45, 7) is -2.35. The average molecular weight is 547 g/mol. The minimum absolute atomic E-state index is 0.0755. The third kappa shape index (κ3) is 4.48. The van der Waals surface area contributed by atoms with E-state index in [2.05, 4.69) is 15.6 Å². The lowest BCUT2D eigenvalue weighted by Crippen LogP contribution is -2.63. The normalized spacial score (nSPS) is 18.6. The quantitative estimate of drug-likeness (QED) is 0.323. The minimum atomic E-state index is -3.14. The first-order valence-electron chi connectivity index (χ1n) is 11.4. The molecule has 0 aliphatic carbocycles. The lowest BCUT2D eigenvalue weighted by atomic mass is 9.94. The van der Waals surface area contributed by atoms with Gasteiger partial charge in [0.1, 0.15) is 0 Å². The fourth-order valence-corrected chi connectivity index (χ4v) is 4.11. The highest BCUT2D eigenvalue weighted by Gasteiger charge is 2.51. The second-order valence-electron chi connectivity index (χ2n) is 8.74. The van der Waals surface area contributed by atoms with Gasteiger partial charge in [-0.25, -0.2) is 9.07 Å². The summed E-state index contributed by atoms with van der Waals surface area (Å²) in [5.41, 5.74) is 2.97. The maximum Gasteiger partial charge on any atom is 0.321 e. The number of rotatable bonds is 6. The Hall–Kier alpha value is -4.70. The number of hydrogen-bond acceptors (Lipinski definition) is 9. The molecule has 1 aliphatic heterocycles. The summed E-state index contributed by atoms with van der Waals surface area (Å²) in [6.07, 6.45) is -0.420. The van der Waals surface area contributed by atoms with Gasteiger partial charge in [-0.1, -0.05) is 5.16 Å². The molecule has 2 atom stereocenters. The van der Waals surface area contributed by atoms with Gasteiger partial charge in [0, 0.05) is 24.0 Å². The topological polar surface area (TPSA) is 171 Å². The van der Waals surface area contributed by atoms with Gasteiger partial charge in [-0.15, -0.1) is 5.10 Å². The summed E-state index contributed by atoms with van der Waals surface area (Å²) in [7, 11) is 0. The number of hydrogen-bond donors (Lipinski definition) is 3. The van der Waals surface area contributed by atoms with E-state index in [-0.39, 0.29) is 40.5 Å². The largest absolute Gasteiger partial charge is 0.380 e. The molecule has 0 saturated carbocycles. The first-order chi connectivity index (χ1) is 18.5. The number of morpholine rings is 1. The number of aromatic nitrogens is 4. The van der Waals surface area contributed by atoms with Crippen LogP contribution >= 0.6 is 0 Å². The zero-order valence-corrected chi connectivity index (χ0v) is 20.0. The van der Waals surface area contributed by atoms with Crippen LogP contribution in [0.5, 0.6) is 0 Å². The zero-order valence-electron chi connectivity index (χ0n) is 20.0. The Morgan fingerprint density at radius 1 is 1.23 bits per heavy atom. The average Bonchev–Trinajstić information content (AvgIpc) is 3.47.